The van der Waals surface area contributed by atoms with Crippen molar-refractivity contribution in [2.75, 3.05) is 13.7 Å². The number of fused-ring (bicyclic) bond motifs is 1. The molecule has 0 aromatic heterocycles. The van der Waals surface area contributed by atoms with E-state index >= 15 is 0 Å². The first-order chi connectivity index (χ1) is 14.9. The molecular weight excluding hydrogens is 406 g/mol. The van der Waals surface area contributed by atoms with Crippen molar-refractivity contribution in [3.63, 3.8) is 0 Å². The normalized spacial score (nSPS) is 11.8. The van der Waals surface area contributed by atoms with Gasteiger partial charge in [-0.3, -0.25) is 9.59 Å². The molecule has 0 spiro atoms. The summed E-state index contributed by atoms with van der Waals surface area (Å²) in [5.74, 6) is -1.10. The number of hydrogen-bond acceptors (Lipinski definition) is 4. The Morgan fingerprint density at radius 3 is 2.42 bits per heavy atom. The largest absolute Gasteiger partial charge is 0.493 e. The van der Waals surface area contributed by atoms with Crippen molar-refractivity contribution in [2.24, 2.45) is 0 Å². The first-order valence-electron chi connectivity index (χ1n) is 9.56. The Kier molecular flexibility index (Phi) is 7.02. The van der Waals surface area contributed by atoms with Gasteiger partial charge in [-0.25, -0.2) is 0 Å². The topological polar surface area (TPSA) is 76.7 Å². The van der Waals surface area contributed by atoms with Crippen LogP contribution in [0.3, 0.4) is 0 Å². The molecule has 0 aliphatic heterocycles. The van der Waals surface area contributed by atoms with Crippen LogP contribution in [0.5, 0.6) is 11.5 Å². The highest BCUT2D eigenvalue weighted by molar-refractivity contribution is 5.97. The van der Waals surface area contributed by atoms with Crippen LogP contribution in [0.1, 0.15) is 28.9 Å². The second kappa shape index (κ2) is 9.88. The SMILES string of the molecule is COc1cc(C(=O)NCC(=O)NC(C)c2ccc3ccccc3c2)ccc1OC(F)F. The zero-order valence-corrected chi connectivity index (χ0v) is 17.0. The van der Waals surface area contributed by atoms with E-state index < -0.39 is 12.5 Å². The molecular formula is C23H22F2N2O4. The molecule has 0 fully saturated rings. The zero-order chi connectivity index (χ0) is 22.4. The summed E-state index contributed by atoms with van der Waals surface area (Å²) in [6.07, 6.45) is 0. The molecule has 0 radical (unpaired) electrons. The van der Waals surface area contributed by atoms with Crippen molar-refractivity contribution < 1.29 is 27.8 Å². The monoisotopic (exact) mass is 428 g/mol. The van der Waals surface area contributed by atoms with Crippen LogP contribution in [0, 0.1) is 0 Å². The van der Waals surface area contributed by atoms with Crippen LogP contribution in [0.2, 0.25) is 0 Å². The van der Waals surface area contributed by atoms with Gasteiger partial charge in [-0.15, -0.1) is 0 Å². The Morgan fingerprint density at radius 1 is 0.968 bits per heavy atom. The number of halogens is 2. The molecule has 3 aromatic rings. The average molecular weight is 428 g/mol. The van der Waals surface area contributed by atoms with E-state index in [1.54, 1.807) is 0 Å². The Bertz CT molecular complexity index is 1090. The van der Waals surface area contributed by atoms with Gasteiger partial charge in [0.05, 0.1) is 19.7 Å². The summed E-state index contributed by atoms with van der Waals surface area (Å²) in [7, 11) is 1.27. The van der Waals surface area contributed by atoms with Crippen molar-refractivity contribution in [3.8, 4) is 11.5 Å². The second-order valence-electron chi connectivity index (χ2n) is 6.82. The minimum atomic E-state index is -3.01. The smallest absolute Gasteiger partial charge is 0.387 e. The van der Waals surface area contributed by atoms with E-state index in [1.807, 2.05) is 49.4 Å². The summed E-state index contributed by atoms with van der Waals surface area (Å²) in [6.45, 7) is -1.40. The third-order valence-corrected chi connectivity index (χ3v) is 4.70. The number of methoxy groups -OCH3 is 1. The molecule has 0 saturated heterocycles. The highest BCUT2D eigenvalue weighted by Crippen LogP contribution is 2.29. The number of carbonyl (C=O) groups is 2. The molecule has 0 saturated carbocycles. The molecule has 8 heteroatoms. The van der Waals surface area contributed by atoms with Gasteiger partial charge in [-0.2, -0.15) is 8.78 Å². The average Bonchev–Trinajstić information content (AvgIpc) is 2.77. The summed E-state index contributed by atoms with van der Waals surface area (Å²) in [5.41, 5.74) is 1.09. The van der Waals surface area contributed by atoms with Gasteiger partial charge in [0.25, 0.3) is 5.91 Å². The van der Waals surface area contributed by atoms with E-state index in [-0.39, 0.29) is 35.6 Å². The van der Waals surface area contributed by atoms with Crippen LogP contribution >= 0.6 is 0 Å². The maximum absolute atomic E-state index is 12.4. The highest BCUT2D eigenvalue weighted by atomic mass is 19.3. The lowest BCUT2D eigenvalue weighted by Gasteiger charge is -2.16. The number of carbonyl (C=O) groups excluding carboxylic acids is 2. The fourth-order valence-electron chi connectivity index (χ4n) is 3.12. The standard InChI is InChI=1S/C23H22F2N2O4/c1-14(16-8-7-15-5-3-4-6-17(15)11-16)27-21(28)13-26-22(29)18-9-10-19(31-23(24)25)20(12-18)30-2/h3-12,14,23H,13H2,1-2H3,(H,26,29)(H,27,28). The predicted octanol–water partition coefficient (Wildman–Crippen LogP) is 4.06. The number of hydrogen-bond donors (Lipinski definition) is 2. The van der Waals surface area contributed by atoms with Crippen molar-refractivity contribution in [2.45, 2.75) is 19.6 Å². The van der Waals surface area contributed by atoms with Crippen molar-refractivity contribution in [3.05, 3.63) is 71.8 Å². The number of benzene rings is 3. The number of amides is 2. The number of alkyl halides is 2. The van der Waals surface area contributed by atoms with Crippen LogP contribution in [0.4, 0.5) is 8.78 Å². The summed E-state index contributed by atoms with van der Waals surface area (Å²) in [5, 5.41) is 7.52. The summed E-state index contributed by atoms with van der Waals surface area (Å²) < 4.78 is 34.1. The van der Waals surface area contributed by atoms with Gasteiger partial charge >= 0.3 is 6.61 Å². The maximum Gasteiger partial charge on any atom is 0.387 e. The van der Waals surface area contributed by atoms with Crippen molar-refractivity contribution >= 4 is 22.6 Å². The van der Waals surface area contributed by atoms with E-state index in [0.29, 0.717) is 0 Å². The number of nitrogens with one attached hydrogen (secondary N) is 2. The first kappa shape index (κ1) is 22.0. The van der Waals surface area contributed by atoms with E-state index in [2.05, 4.69) is 15.4 Å². The molecule has 31 heavy (non-hydrogen) atoms. The van der Waals surface area contributed by atoms with Gasteiger partial charge in [0, 0.05) is 5.56 Å². The van der Waals surface area contributed by atoms with Gasteiger partial charge in [0.15, 0.2) is 11.5 Å². The molecule has 1 unspecified atom stereocenters. The van der Waals surface area contributed by atoms with E-state index in [0.717, 1.165) is 16.3 Å². The van der Waals surface area contributed by atoms with Crippen LogP contribution in [0.25, 0.3) is 10.8 Å². The zero-order valence-electron chi connectivity index (χ0n) is 17.0. The first-order valence-corrected chi connectivity index (χ1v) is 9.56. The van der Waals surface area contributed by atoms with Crippen LogP contribution in [-0.4, -0.2) is 32.1 Å². The molecule has 162 valence electrons. The molecule has 0 aliphatic carbocycles. The highest BCUT2D eigenvalue weighted by Gasteiger charge is 2.16. The summed E-state index contributed by atoms with van der Waals surface area (Å²) >= 11 is 0. The maximum atomic E-state index is 12.4. The fourth-order valence-corrected chi connectivity index (χ4v) is 3.12. The van der Waals surface area contributed by atoms with Gasteiger partial charge in [0.1, 0.15) is 0 Å². The van der Waals surface area contributed by atoms with Crippen LogP contribution in [0.15, 0.2) is 60.7 Å². The molecule has 2 N–H and O–H groups in total. The van der Waals surface area contributed by atoms with Gasteiger partial charge in [0.2, 0.25) is 5.91 Å². The Balaban J connectivity index is 1.57. The van der Waals surface area contributed by atoms with E-state index in [9.17, 15) is 18.4 Å². The molecule has 0 heterocycles. The lowest BCUT2D eigenvalue weighted by molar-refractivity contribution is -0.120. The fraction of sp³-hybridized carbons (Fsp3) is 0.217. The lowest BCUT2D eigenvalue weighted by atomic mass is 10.0. The molecule has 3 rings (SSSR count). The minimum absolute atomic E-state index is 0.0117. The molecule has 6 nitrogen and oxygen atoms in total. The van der Waals surface area contributed by atoms with Gasteiger partial charge < -0.3 is 20.1 Å². The van der Waals surface area contributed by atoms with E-state index in [1.165, 1.54) is 25.3 Å². The molecule has 0 bridgehead atoms. The third-order valence-electron chi connectivity index (χ3n) is 4.70. The second-order valence-corrected chi connectivity index (χ2v) is 6.82. The number of ether oxygens (including phenoxy) is 2. The van der Waals surface area contributed by atoms with Crippen LogP contribution < -0.4 is 20.1 Å². The quantitative estimate of drug-likeness (QED) is 0.567. The molecule has 2 amide bonds. The molecule has 1 atom stereocenters. The Hall–Kier alpha value is -3.68. The lowest BCUT2D eigenvalue weighted by Crippen LogP contribution is -2.38. The van der Waals surface area contributed by atoms with Crippen LogP contribution in [-0.2, 0) is 4.79 Å². The van der Waals surface area contributed by atoms with Gasteiger partial charge in [-0.1, -0.05) is 36.4 Å². The number of rotatable bonds is 8. The van der Waals surface area contributed by atoms with Crippen molar-refractivity contribution in [1.29, 1.82) is 0 Å². The predicted molar refractivity (Wildman–Crippen MR) is 112 cm³/mol. The third kappa shape index (κ3) is 5.69. The summed E-state index contributed by atoms with van der Waals surface area (Å²) in [4.78, 5) is 24.6. The minimum Gasteiger partial charge on any atom is -0.493 e. The Labute approximate surface area is 178 Å². The Morgan fingerprint density at radius 2 is 1.71 bits per heavy atom. The molecule has 0 aliphatic rings. The molecule has 3 aromatic carbocycles. The summed E-state index contributed by atoms with van der Waals surface area (Å²) in [6, 6.07) is 17.4. The van der Waals surface area contributed by atoms with Crippen molar-refractivity contribution in [1.82, 2.24) is 10.6 Å². The van der Waals surface area contributed by atoms with E-state index in [4.69, 9.17) is 4.74 Å². The van der Waals surface area contributed by atoms with Gasteiger partial charge in [-0.05, 0) is 47.5 Å².